The standard InChI is InChI=1S/C23H36N6O.HI/c1-24-23(28-14-12-27(13-15-28)18-22(30)26-20-9-10-20)25-16-21-8-5-11-29(21)17-19-6-3-2-4-7-19;/h2-4,6-7,20-21H,5,8-18H2,1H3,(H,24,25)(H,26,30);1H. The zero-order valence-electron chi connectivity index (χ0n) is 18.6. The minimum Gasteiger partial charge on any atom is -0.355 e. The number of nitrogens with zero attached hydrogens (tertiary/aromatic N) is 4. The van der Waals surface area contributed by atoms with E-state index >= 15 is 0 Å². The summed E-state index contributed by atoms with van der Waals surface area (Å²) < 4.78 is 0. The van der Waals surface area contributed by atoms with Crippen LogP contribution in [0.5, 0.6) is 0 Å². The number of hydrogen-bond acceptors (Lipinski definition) is 4. The summed E-state index contributed by atoms with van der Waals surface area (Å²) >= 11 is 0. The normalized spacial score (nSPS) is 22.8. The van der Waals surface area contributed by atoms with Gasteiger partial charge in [0.25, 0.3) is 0 Å². The molecule has 1 unspecified atom stereocenters. The second-order valence-corrected chi connectivity index (χ2v) is 8.79. The highest BCUT2D eigenvalue weighted by Crippen LogP contribution is 2.20. The molecule has 2 saturated heterocycles. The van der Waals surface area contributed by atoms with Gasteiger partial charge in [-0.2, -0.15) is 0 Å². The number of nitrogens with one attached hydrogen (secondary N) is 2. The smallest absolute Gasteiger partial charge is 0.234 e. The molecular weight excluding hydrogens is 503 g/mol. The Morgan fingerprint density at radius 3 is 2.48 bits per heavy atom. The molecule has 7 nitrogen and oxygen atoms in total. The third-order valence-corrected chi connectivity index (χ3v) is 6.42. The Bertz CT molecular complexity index is 718. The summed E-state index contributed by atoms with van der Waals surface area (Å²) in [7, 11) is 1.87. The molecule has 2 N–H and O–H groups in total. The maximum absolute atomic E-state index is 12.0. The van der Waals surface area contributed by atoms with E-state index in [1.54, 1.807) is 0 Å². The fourth-order valence-corrected chi connectivity index (χ4v) is 4.52. The number of guanidine groups is 1. The molecule has 2 aliphatic heterocycles. The first kappa shape index (κ1) is 24.3. The zero-order valence-corrected chi connectivity index (χ0v) is 21.0. The Balaban J connectivity index is 0.00000272. The predicted molar refractivity (Wildman–Crippen MR) is 136 cm³/mol. The van der Waals surface area contributed by atoms with Crippen molar-refractivity contribution in [3.05, 3.63) is 35.9 Å². The van der Waals surface area contributed by atoms with Crippen LogP contribution in [0.1, 0.15) is 31.2 Å². The number of carbonyl (C=O) groups is 1. The lowest BCUT2D eigenvalue weighted by atomic mass is 10.2. The minimum atomic E-state index is 0. The van der Waals surface area contributed by atoms with Crippen LogP contribution in [-0.4, -0.2) is 91.5 Å². The topological polar surface area (TPSA) is 63.2 Å². The summed E-state index contributed by atoms with van der Waals surface area (Å²) in [6.45, 7) is 7.28. The van der Waals surface area contributed by atoms with Crippen molar-refractivity contribution in [2.75, 3.05) is 52.9 Å². The number of benzene rings is 1. The van der Waals surface area contributed by atoms with E-state index in [4.69, 9.17) is 0 Å². The number of piperazine rings is 1. The van der Waals surface area contributed by atoms with Gasteiger partial charge in [-0.25, -0.2) is 0 Å². The van der Waals surface area contributed by atoms with E-state index in [0.717, 1.165) is 58.1 Å². The molecule has 0 spiro atoms. The van der Waals surface area contributed by atoms with Crippen LogP contribution in [0.4, 0.5) is 0 Å². The molecule has 4 rings (SSSR count). The summed E-state index contributed by atoms with van der Waals surface area (Å²) in [6, 6.07) is 11.7. The summed E-state index contributed by atoms with van der Waals surface area (Å²) in [6.07, 6.45) is 4.79. The van der Waals surface area contributed by atoms with Crippen LogP contribution in [0, 0.1) is 0 Å². The first-order chi connectivity index (χ1) is 14.7. The Morgan fingerprint density at radius 1 is 1.06 bits per heavy atom. The van der Waals surface area contributed by atoms with E-state index in [9.17, 15) is 4.79 Å². The van der Waals surface area contributed by atoms with E-state index < -0.39 is 0 Å². The Kier molecular flexibility index (Phi) is 9.40. The van der Waals surface area contributed by atoms with Crippen molar-refractivity contribution in [3.8, 4) is 0 Å². The van der Waals surface area contributed by atoms with Crippen molar-refractivity contribution in [2.24, 2.45) is 4.99 Å². The molecule has 0 aromatic heterocycles. The minimum absolute atomic E-state index is 0. The van der Waals surface area contributed by atoms with Crippen LogP contribution >= 0.6 is 24.0 Å². The molecule has 0 radical (unpaired) electrons. The Hall–Kier alpha value is -1.39. The Labute approximate surface area is 203 Å². The number of rotatable bonds is 7. The van der Waals surface area contributed by atoms with Gasteiger partial charge in [-0.1, -0.05) is 30.3 Å². The number of amides is 1. The van der Waals surface area contributed by atoms with Crippen LogP contribution in [0.15, 0.2) is 35.3 Å². The summed E-state index contributed by atoms with van der Waals surface area (Å²) in [5, 5.41) is 6.71. The number of likely N-dealkylation sites (tertiary alicyclic amines) is 1. The van der Waals surface area contributed by atoms with Crippen LogP contribution < -0.4 is 10.6 Å². The summed E-state index contributed by atoms with van der Waals surface area (Å²) in [4.78, 5) is 23.7. The lowest BCUT2D eigenvalue weighted by molar-refractivity contribution is -0.122. The molecule has 1 saturated carbocycles. The van der Waals surface area contributed by atoms with Crippen LogP contribution in [0.3, 0.4) is 0 Å². The molecule has 1 aromatic carbocycles. The van der Waals surface area contributed by atoms with E-state index in [0.29, 0.717) is 18.6 Å². The molecule has 8 heteroatoms. The highest BCUT2D eigenvalue weighted by atomic mass is 127. The van der Waals surface area contributed by atoms with Crippen LogP contribution in [0.25, 0.3) is 0 Å². The van der Waals surface area contributed by atoms with Gasteiger partial charge in [0.1, 0.15) is 0 Å². The molecule has 0 bridgehead atoms. The van der Waals surface area contributed by atoms with Crippen molar-refractivity contribution in [1.82, 2.24) is 25.3 Å². The van der Waals surface area contributed by atoms with Crippen molar-refractivity contribution in [3.63, 3.8) is 0 Å². The lowest BCUT2D eigenvalue weighted by Crippen LogP contribution is -2.55. The van der Waals surface area contributed by atoms with Gasteiger partial charge in [0.15, 0.2) is 5.96 Å². The Morgan fingerprint density at radius 2 is 1.81 bits per heavy atom. The third kappa shape index (κ3) is 7.32. The first-order valence-electron chi connectivity index (χ1n) is 11.5. The molecule has 3 aliphatic rings. The fourth-order valence-electron chi connectivity index (χ4n) is 4.52. The van der Waals surface area contributed by atoms with Crippen molar-refractivity contribution in [2.45, 2.75) is 44.3 Å². The predicted octanol–water partition coefficient (Wildman–Crippen LogP) is 1.74. The van der Waals surface area contributed by atoms with Crippen molar-refractivity contribution in [1.29, 1.82) is 0 Å². The van der Waals surface area contributed by atoms with Crippen molar-refractivity contribution < 1.29 is 4.79 Å². The first-order valence-corrected chi connectivity index (χ1v) is 11.5. The van der Waals surface area contributed by atoms with Crippen molar-refractivity contribution >= 4 is 35.8 Å². The fraction of sp³-hybridized carbons (Fsp3) is 0.652. The average molecular weight is 540 g/mol. The highest BCUT2D eigenvalue weighted by Gasteiger charge is 2.27. The number of hydrogen-bond donors (Lipinski definition) is 2. The third-order valence-electron chi connectivity index (χ3n) is 6.42. The quantitative estimate of drug-likeness (QED) is 0.314. The van der Waals surface area contributed by atoms with Crippen LogP contribution in [-0.2, 0) is 11.3 Å². The highest BCUT2D eigenvalue weighted by molar-refractivity contribution is 14.0. The second-order valence-electron chi connectivity index (χ2n) is 8.79. The maximum Gasteiger partial charge on any atom is 0.234 e. The maximum atomic E-state index is 12.0. The largest absolute Gasteiger partial charge is 0.355 e. The SMILES string of the molecule is CN=C(NCC1CCCN1Cc1ccccc1)N1CCN(CC(=O)NC2CC2)CC1.I. The van der Waals surface area contributed by atoms with Gasteiger partial charge in [-0.3, -0.25) is 19.6 Å². The molecule has 172 valence electrons. The number of carbonyl (C=O) groups excluding carboxylic acids is 1. The van der Waals surface area contributed by atoms with Gasteiger partial charge in [-0.05, 0) is 37.8 Å². The van der Waals surface area contributed by atoms with Gasteiger partial charge >= 0.3 is 0 Å². The molecule has 1 aliphatic carbocycles. The molecule has 1 amide bonds. The molecule has 3 fully saturated rings. The number of halogens is 1. The molecule has 31 heavy (non-hydrogen) atoms. The second kappa shape index (κ2) is 12.0. The lowest BCUT2D eigenvalue weighted by Gasteiger charge is -2.36. The van der Waals surface area contributed by atoms with Gasteiger partial charge in [-0.15, -0.1) is 24.0 Å². The van der Waals surface area contributed by atoms with Gasteiger partial charge in [0.2, 0.25) is 5.91 Å². The monoisotopic (exact) mass is 540 g/mol. The molecule has 1 atom stereocenters. The van der Waals surface area contributed by atoms with Gasteiger partial charge in [0, 0.05) is 58.4 Å². The van der Waals surface area contributed by atoms with E-state index in [1.807, 2.05) is 7.05 Å². The summed E-state index contributed by atoms with van der Waals surface area (Å²) in [5.41, 5.74) is 1.38. The molecular formula is C23H37IN6O. The molecule has 1 aromatic rings. The van der Waals surface area contributed by atoms with E-state index in [2.05, 4.69) is 60.7 Å². The van der Waals surface area contributed by atoms with E-state index in [1.165, 1.54) is 24.9 Å². The van der Waals surface area contributed by atoms with Gasteiger partial charge < -0.3 is 15.5 Å². The zero-order chi connectivity index (χ0) is 20.8. The summed E-state index contributed by atoms with van der Waals surface area (Å²) in [5.74, 6) is 1.16. The van der Waals surface area contributed by atoms with E-state index in [-0.39, 0.29) is 29.9 Å². The van der Waals surface area contributed by atoms with Gasteiger partial charge in [0.05, 0.1) is 6.54 Å². The average Bonchev–Trinajstić information content (AvgIpc) is 3.47. The van der Waals surface area contributed by atoms with Crippen LogP contribution in [0.2, 0.25) is 0 Å². The number of aliphatic imine (C=N–C) groups is 1. The molecule has 2 heterocycles.